The summed E-state index contributed by atoms with van der Waals surface area (Å²) in [6.07, 6.45) is 1.88. The number of imidazole rings is 1. The molecular formula is C27H21N5O2. The average Bonchev–Trinajstić information content (AvgIpc) is 3.36. The fourth-order valence-corrected chi connectivity index (χ4v) is 4.30. The molecule has 3 aromatic carbocycles. The quantitative estimate of drug-likeness (QED) is 0.198. The lowest BCUT2D eigenvalue weighted by Gasteiger charge is -2.09. The number of rotatable bonds is 5. The number of allylic oxidation sites excluding steroid dienone is 1. The van der Waals surface area contributed by atoms with Gasteiger partial charge in [0.25, 0.3) is 5.69 Å². The highest BCUT2D eigenvalue weighted by Crippen LogP contribution is 2.30. The largest absolute Gasteiger partial charge is 0.340 e. The number of hydrogen-bond donors (Lipinski definition) is 1. The van der Waals surface area contributed by atoms with Gasteiger partial charge in [0.05, 0.1) is 21.5 Å². The first kappa shape index (κ1) is 21.2. The van der Waals surface area contributed by atoms with Gasteiger partial charge in [-0.05, 0) is 49.2 Å². The number of non-ortho nitro benzene ring substituents is 1. The van der Waals surface area contributed by atoms with Crippen molar-refractivity contribution >= 4 is 39.3 Å². The number of H-pyrrole nitrogens is 1. The highest BCUT2D eigenvalue weighted by atomic mass is 16.6. The predicted octanol–water partition coefficient (Wildman–Crippen LogP) is 6.16. The van der Waals surface area contributed by atoms with Crippen molar-refractivity contribution in [3.63, 3.8) is 0 Å². The molecule has 7 heteroatoms. The molecule has 0 atom stereocenters. The van der Waals surface area contributed by atoms with Crippen LogP contribution < -0.4 is 0 Å². The van der Waals surface area contributed by atoms with Crippen LogP contribution in [-0.2, 0) is 6.54 Å². The molecule has 5 rings (SSSR count). The first-order valence-electron chi connectivity index (χ1n) is 10.8. The van der Waals surface area contributed by atoms with Gasteiger partial charge in [0, 0.05) is 40.8 Å². The van der Waals surface area contributed by atoms with Crippen molar-refractivity contribution in [1.82, 2.24) is 14.5 Å². The molecule has 34 heavy (non-hydrogen) atoms. The summed E-state index contributed by atoms with van der Waals surface area (Å²) in [5.74, 6) is 0.537. The summed E-state index contributed by atoms with van der Waals surface area (Å²) in [6.45, 7) is 4.60. The van der Waals surface area contributed by atoms with Crippen molar-refractivity contribution in [2.75, 3.05) is 0 Å². The third kappa shape index (κ3) is 3.71. The highest BCUT2D eigenvalue weighted by molar-refractivity contribution is 5.99. The fourth-order valence-electron chi connectivity index (χ4n) is 4.30. The number of nitro groups is 1. The molecule has 0 saturated heterocycles. The van der Waals surface area contributed by atoms with E-state index in [4.69, 9.17) is 0 Å². The molecule has 5 aromatic rings. The lowest BCUT2D eigenvalue weighted by molar-refractivity contribution is -0.384. The summed E-state index contributed by atoms with van der Waals surface area (Å²) in [5.41, 5.74) is 7.30. The van der Waals surface area contributed by atoms with Crippen LogP contribution in [0.5, 0.6) is 0 Å². The Bertz CT molecular complexity index is 1630. The zero-order valence-electron chi connectivity index (χ0n) is 18.7. The van der Waals surface area contributed by atoms with E-state index in [0.29, 0.717) is 17.9 Å². The van der Waals surface area contributed by atoms with Gasteiger partial charge in [-0.15, -0.1) is 0 Å². The summed E-state index contributed by atoms with van der Waals surface area (Å²) in [5, 5.41) is 22.0. The molecule has 0 aliphatic heterocycles. The van der Waals surface area contributed by atoms with Crippen LogP contribution in [0.2, 0.25) is 0 Å². The Labute approximate surface area is 195 Å². The predicted molar refractivity (Wildman–Crippen MR) is 133 cm³/mol. The van der Waals surface area contributed by atoms with Crippen molar-refractivity contribution in [2.45, 2.75) is 20.4 Å². The molecule has 0 saturated carbocycles. The molecule has 0 radical (unpaired) electrons. The van der Waals surface area contributed by atoms with Crippen LogP contribution in [0.25, 0.3) is 33.6 Å². The number of para-hydroxylation sites is 1. The van der Waals surface area contributed by atoms with Crippen molar-refractivity contribution in [1.29, 1.82) is 5.26 Å². The maximum Gasteiger partial charge on any atom is 0.269 e. The number of nitrogens with zero attached hydrogens (tertiary/aromatic N) is 4. The minimum absolute atomic E-state index is 0.0705. The number of nitro benzene ring substituents is 1. The molecule has 1 N–H and O–H groups in total. The number of benzene rings is 3. The highest BCUT2D eigenvalue weighted by Gasteiger charge is 2.16. The molecule has 2 heterocycles. The average molecular weight is 447 g/mol. The van der Waals surface area contributed by atoms with E-state index < -0.39 is 4.92 Å². The van der Waals surface area contributed by atoms with E-state index in [1.165, 1.54) is 12.1 Å². The molecule has 0 amide bonds. The van der Waals surface area contributed by atoms with E-state index in [1.807, 2.05) is 62.4 Å². The third-order valence-corrected chi connectivity index (χ3v) is 6.07. The molecule has 166 valence electrons. The molecule has 0 aliphatic rings. The van der Waals surface area contributed by atoms with E-state index >= 15 is 0 Å². The standard InChI is InChI=1S/C27H21N5O2/c1-17-7-12-24-25(13-17)30-27(29-24)20(15-28)14-23-18(2)31(26-6-4-3-5-22(23)26)16-19-8-10-21(11-9-19)32(33)34/h3-14H,16H2,1-2H3,(H,29,30). The topological polar surface area (TPSA) is 101 Å². The summed E-state index contributed by atoms with van der Waals surface area (Å²) >= 11 is 0. The normalized spacial score (nSPS) is 11.7. The number of aryl methyl sites for hydroxylation is 1. The molecule has 2 aromatic heterocycles. The summed E-state index contributed by atoms with van der Waals surface area (Å²) in [4.78, 5) is 18.5. The number of aromatic nitrogens is 3. The molecule has 7 nitrogen and oxygen atoms in total. The van der Waals surface area contributed by atoms with Crippen LogP contribution >= 0.6 is 0 Å². The van der Waals surface area contributed by atoms with Crippen molar-refractivity contribution in [2.24, 2.45) is 0 Å². The van der Waals surface area contributed by atoms with Gasteiger partial charge in [-0.1, -0.05) is 36.4 Å². The molecule has 0 fully saturated rings. The minimum atomic E-state index is -0.397. The monoisotopic (exact) mass is 447 g/mol. The van der Waals surface area contributed by atoms with E-state index in [-0.39, 0.29) is 5.69 Å². The Morgan fingerprint density at radius 3 is 2.65 bits per heavy atom. The Kier molecular flexibility index (Phi) is 5.19. The molecule has 0 spiro atoms. The van der Waals surface area contributed by atoms with Crippen LogP contribution in [-0.4, -0.2) is 19.5 Å². The number of aromatic amines is 1. The lowest BCUT2D eigenvalue weighted by Crippen LogP contribution is -2.02. The maximum absolute atomic E-state index is 11.0. The Morgan fingerprint density at radius 1 is 1.15 bits per heavy atom. The summed E-state index contributed by atoms with van der Waals surface area (Å²) in [7, 11) is 0. The van der Waals surface area contributed by atoms with Crippen LogP contribution in [0.4, 0.5) is 5.69 Å². The fraction of sp³-hybridized carbons (Fsp3) is 0.111. The molecular weight excluding hydrogens is 426 g/mol. The van der Waals surface area contributed by atoms with E-state index in [2.05, 4.69) is 20.6 Å². The van der Waals surface area contributed by atoms with Gasteiger partial charge < -0.3 is 9.55 Å². The first-order valence-corrected chi connectivity index (χ1v) is 10.8. The van der Waals surface area contributed by atoms with E-state index in [9.17, 15) is 15.4 Å². The molecule has 0 aliphatic carbocycles. The van der Waals surface area contributed by atoms with Crippen molar-refractivity contribution < 1.29 is 4.92 Å². The number of nitrogens with one attached hydrogen (secondary N) is 1. The van der Waals surface area contributed by atoms with Gasteiger partial charge in [0.15, 0.2) is 0 Å². The number of nitriles is 1. The zero-order chi connectivity index (χ0) is 23.8. The summed E-state index contributed by atoms with van der Waals surface area (Å²) < 4.78 is 2.17. The van der Waals surface area contributed by atoms with Gasteiger partial charge in [0.2, 0.25) is 0 Å². The Hall–Kier alpha value is -4.70. The van der Waals surface area contributed by atoms with Crippen molar-refractivity contribution in [3.8, 4) is 6.07 Å². The van der Waals surface area contributed by atoms with Crippen LogP contribution in [0.3, 0.4) is 0 Å². The number of hydrogen-bond acceptors (Lipinski definition) is 4. The maximum atomic E-state index is 11.0. The lowest BCUT2D eigenvalue weighted by atomic mass is 10.1. The van der Waals surface area contributed by atoms with Gasteiger partial charge in [0.1, 0.15) is 11.9 Å². The van der Waals surface area contributed by atoms with Gasteiger partial charge in [-0.3, -0.25) is 10.1 Å². The minimum Gasteiger partial charge on any atom is -0.340 e. The van der Waals surface area contributed by atoms with Gasteiger partial charge >= 0.3 is 0 Å². The Morgan fingerprint density at radius 2 is 1.91 bits per heavy atom. The van der Waals surface area contributed by atoms with Gasteiger partial charge in [-0.2, -0.15) is 5.26 Å². The van der Waals surface area contributed by atoms with Crippen LogP contribution in [0, 0.1) is 35.3 Å². The van der Waals surface area contributed by atoms with E-state index in [1.54, 1.807) is 12.1 Å². The first-order chi connectivity index (χ1) is 16.4. The van der Waals surface area contributed by atoms with Gasteiger partial charge in [-0.25, -0.2) is 4.98 Å². The second-order valence-electron chi connectivity index (χ2n) is 8.30. The number of fused-ring (bicyclic) bond motifs is 2. The molecule has 0 bridgehead atoms. The van der Waals surface area contributed by atoms with E-state index in [0.717, 1.165) is 44.3 Å². The van der Waals surface area contributed by atoms with Crippen molar-refractivity contribution in [3.05, 3.63) is 105 Å². The zero-order valence-corrected chi connectivity index (χ0v) is 18.7. The third-order valence-electron chi connectivity index (χ3n) is 6.07. The second kappa shape index (κ2) is 8.34. The molecule has 0 unspecified atom stereocenters. The Balaban J connectivity index is 1.60. The van der Waals surface area contributed by atoms with Crippen LogP contribution in [0.1, 0.15) is 28.2 Å². The smallest absolute Gasteiger partial charge is 0.269 e. The van der Waals surface area contributed by atoms with Crippen LogP contribution in [0.15, 0.2) is 66.7 Å². The SMILES string of the molecule is Cc1ccc2nc(C(C#N)=Cc3c(C)n(Cc4ccc([N+](=O)[O-])cc4)c4ccccc34)[nH]c2c1. The second-order valence-corrected chi connectivity index (χ2v) is 8.30. The summed E-state index contributed by atoms with van der Waals surface area (Å²) in [6, 6.07) is 22.9.